The van der Waals surface area contributed by atoms with Crippen LogP contribution in [-0.4, -0.2) is 63.2 Å². The summed E-state index contributed by atoms with van der Waals surface area (Å²) >= 11 is 0. The zero-order valence-electron chi connectivity index (χ0n) is 22.6. The molecule has 3 heterocycles. The molecule has 9 nitrogen and oxygen atoms in total. The number of nitrogens with one attached hydrogen (secondary N) is 1. The van der Waals surface area contributed by atoms with Crippen LogP contribution in [0.25, 0.3) is 33.2 Å². The lowest BCUT2D eigenvalue weighted by Crippen LogP contribution is -2.41. The first kappa shape index (κ1) is 28.3. The number of piperidine rings is 1. The second-order valence-electron chi connectivity index (χ2n) is 9.84. The van der Waals surface area contributed by atoms with Crippen molar-refractivity contribution in [2.24, 2.45) is 0 Å². The van der Waals surface area contributed by atoms with Crippen LogP contribution in [-0.2, 0) is 14.3 Å². The topological polar surface area (TPSA) is 98.5 Å². The van der Waals surface area contributed by atoms with Crippen molar-refractivity contribution in [2.75, 3.05) is 26.2 Å². The Bertz CT molecular complexity index is 1650. The fraction of sp³-hybridized carbons (Fsp3) is 0.379. The van der Waals surface area contributed by atoms with Crippen molar-refractivity contribution in [3.05, 3.63) is 65.1 Å². The third-order valence-electron chi connectivity index (χ3n) is 7.45. The fourth-order valence-electron chi connectivity index (χ4n) is 5.43. The number of halogens is 3. The van der Waals surface area contributed by atoms with Crippen molar-refractivity contribution in [2.45, 2.75) is 45.1 Å². The van der Waals surface area contributed by atoms with Gasteiger partial charge in [-0.15, -0.1) is 0 Å². The minimum absolute atomic E-state index is 0.0755. The van der Waals surface area contributed by atoms with Crippen LogP contribution in [0.3, 0.4) is 0 Å². The molecule has 1 N–H and O–H groups in total. The number of aromatic nitrogens is 3. The van der Waals surface area contributed by atoms with Gasteiger partial charge in [0.15, 0.2) is 0 Å². The highest BCUT2D eigenvalue weighted by molar-refractivity contribution is 5.97. The van der Waals surface area contributed by atoms with Crippen molar-refractivity contribution in [1.82, 2.24) is 24.3 Å². The molecule has 1 saturated heterocycles. The number of para-hydroxylation sites is 3. The van der Waals surface area contributed by atoms with E-state index in [0.717, 1.165) is 25.9 Å². The quantitative estimate of drug-likeness (QED) is 0.331. The number of rotatable bonds is 7. The average Bonchev–Trinajstić information content (AvgIpc) is 3.35. The summed E-state index contributed by atoms with van der Waals surface area (Å²) in [5.41, 5.74) is 1.64. The number of alkyl halides is 3. The molecular formula is C29H30F3N5O4. The maximum Gasteiger partial charge on any atom is 0.491 e. The predicted molar refractivity (Wildman–Crippen MR) is 147 cm³/mol. The van der Waals surface area contributed by atoms with Crippen LogP contribution >= 0.6 is 0 Å². The lowest BCUT2D eigenvalue weighted by Gasteiger charge is -2.27. The highest BCUT2D eigenvalue weighted by Crippen LogP contribution is 2.34. The van der Waals surface area contributed by atoms with Gasteiger partial charge in [-0.05, 0) is 58.0 Å². The van der Waals surface area contributed by atoms with Crippen molar-refractivity contribution in [3.8, 4) is 11.3 Å². The molecule has 1 aliphatic rings. The Balaban J connectivity index is 1.74. The van der Waals surface area contributed by atoms with Gasteiger partial charge in [0.05, 0.1) is 16.6 Å². The van der Waals surface area contributed by atoms with E-state index in [1.165, 1.54) is 15.7 Å². The molecule has 1 unspecified atom stereocenters. The van der Waals surface area contributed by atoms with Crippen LogP contribution in [0.1, 0.15) is 39.0 Å². The van der Waals surface area contributed by atoms with E-state index in [1.54, 1.807) is 48.7 Å². The molecule has 4 aromatic rings. The van der Waals surface area contributed by atoms with Gasteiger partial charge in [0.2, 0.25) is 0 Å². The van der Waals surface area contributed by atoms with E-state index in [1.807, 2.05) is 18.2 Å². The van der Waals surface area contributed by atoms with Crippen LogP contribution in [0.5, 0.6) is 0 Å². The number of carbonyl (C=O) groups is 2. The molecule has 1 atom stereocenters. The first-order valence-electron chi connectivity index (χ1n) is 13.5. The minimum Gasteiger partial charge on any atom is -0.425 e. The zero-order valence-corrected chi connectivity index (χ0v) is 22.6. The number of carbonyl (C=O) groups excluding carboxylic acids is 2. The second-order valence-corrected chi connectivity index (χ2v) is 9.84. The SMILES string of the molecule is CCN(CC)C(=O)C(OC(=O)C(F)(F)F)n1cc(-c2nc3ccccc3n(C3CCNCC3)c2=O)c2ccccc21. The maximum atomic E-state index is 14.1. The zero-order chi connectivity index (χ0) is 29.3. The van der Waals surface area contributed by atoms with Crippen LogP contribution < -0.4 is 10.9 Å². The van der Waals surface area contributed by atoms with Crippen molar-refractivity contribution >= 4 is 33.8 Å². The molecule has 0 radical (unpaired) electrons. The van der Waals surface area contributed by atoms with E-state index < -0.39 is 24.3 Å². The van der Waals surface area contributed by atoms with Gasteiger partial charge in [-0.1, -0.05) is 30.3 Å². The summed E-state index contributed by atoms with van der Waals surface area (Å²) in [6, 6.07) is 13.9. The number of ether oxygens (including phenoxy) is 1. The van der Waals surface area contributed by atoms with Gasteiger partial charge in [0, 0.05) is 36.3 Å². The molecule has 2 aromatic heterocycles. The van der Waals surface area contributed by atoms with E-state index in [9.17, 15) is 27.6 Å². The van der Waals surface area contributed by atoms with Gasteiger partial charge in [-0.25, -0.2) is 9.78 Å². The Morgan fingerprint density at radius 1 is 1.05 bits per heavy atom. The molecule has 0 aliphatic carbocycles. The van der Waals surface area contributed by atoms with Gasteiger partial charge in [0.25, 0.3) is 17.7 Å². The summed E-state index contributed by atoms with van der Waals surface area (Å²) in [5.74, 6) is -3.31. The molecule has 0 saturated carbocycles. The highest BCUT2D eigenvalue weighted by atomic mass is 19.4. The third-order valence-corrected chi connectivity index (χ3v) is 7.45. The monoisotopic (exact) mass is 569 g/mol. The van der Waals surface area contributed by atoms with Crippen LogP contribution in [0.4, 0.5) is 13.2 Å². The summed E-state index contributed by atoms with van der Waals surface area (Å²) < 4.78 is 47.6. The lowest BCUT2D eigenvalue weighted by atomic mass is 10.0. The van der Waals surface area contributed by atoms with E-state index in [4.69, 9.17) is 9.72 Å². The molecule has 1 fully saturated rings. The van der Waals surface area contributed by atoms with Gasteiger partial charge in [-0.3, -0.25) is 9.59 Å². The number of benzene rings is 2. The summed E-state index contributed by atoms with van der Waals surface area (Å²) in [6.07, 6.45) is -4.40. The summed E-state index contributed by atoms with van der Waals surface area (Å²) in [7, 11) is 0. The van der Waals surface area contributed by atoms with Crippen molar-refractivity contribution in [1.29, 1.82) is 0 Å². The molecule has 0 spiro atoms. The normalized spacial score (nSPS) is 15.2. The van der Waals surface area contributed by atoms with Gasteiger partial charge >= 0.3 is 12.1 Å². The van der Waals surface area contributed by atoms with E-state index in [2.05, 4.69) is 5.32 Å². The Hall–Kier alpha value is -4.19. The number of fused-ring (bicyclic) bond motifs is 2. The molecule has 41 heavy (non-hydrogen) atoms. The molecule has 216 valence electrons. The number of nitrogens with zero attached hydrogens (tertiary/aromatic N) is 4. The van der Waals surface area contributed by atoms with Crippen LogP contribution in [0, 0.1) is 0 Å². The third kappa shape index (κ3) is 5.31. The predicted octanol–water partition coefficient (Wildman–Crippen LogP) is 4.42. The van der Waals surface area contributed by atoms with Crippen molar-refractivity contribution < 1.29 is 27.5 Å². The molecule has 12 heteroatoms. The standard InChI is InChI=1S/C29H30F3N5O4/c1-3-35(4-2)26(39)27(41-28(40)29(30,31)32)36-17-20(19-9-5-7-11-22(19)36)24-25(38)37(18-13-15-33-16-14-18)23-12-8-6-10-21(23)34-24/h5-12,17-18,27,33H,3-4,13-16H2,1-2H3. The summed E-state index contributed by atoms with van der Waals surface area (Å²) in [5, 5.41) is 3.78. The fourth-order valence-corrected chi connectivity index (χ4v) is 5.43. The molecular weight excluding hydrogens is 539 g/mol. The Morgan fingerprint density at radius 2 is 1.68 bits per heavy atom. The Labute approximate surface area is 233 Å². The molecule has 1 aliphatic heterocycles. The second kappa shape index (κ2) is 11.4. The first-order chi connectivity index (χ1) is 19.7. The minimum atomic E-state index is -5.31. The molecule has 1 amide bonds. The van der Waals surface area contributed by atoms with Gasteiger partial charge < -0.3 is 24.1 Å². The number of hydrogen-bond donors (Lipinski definition) is 1. The van der Waals surface area contributed by atoms with Crippen LogP contribution in [0.2, 0.25) is 0 Å². The molecule has 2 aromatic carbocycles. The highest BCUT2D eigenvalue weighted by Gasteiger charge is 2.44. The van der Waals surface area contributed by atoms with E-state index in [-0.39, 0.29) is 30.4 Å². The number of amides is 1. The lowest BCUT2D eigenvalue weighted by molar-refractivity contribution is -0.210. The van der Waals surface area contributed by atoms with E-state index >= 15 is 0 Å². The van der Waals surface area contributed by atoms with E-state index in [0.29, 0.717) is 27.5 Å². The van der Waals surface area contributed by atoms with Gasteiger partial charge in [0.1, 0.15) is 5.69 Å². The van der Waals surface area contributed by atoms with Crippen LogP contribution in [0.15, 0.2) is 59.5 Å². The maximum absolute atomic E-state index is 14.1. The smallest absolute Gasteiger partial charge is 0.425 e. The number of esters is 1. The van der Waals surface area contributed by atoms with Crippen molar-refractivity contribution in [3.63, 3.8) is 0 Å². The number of likely N-dealkylation sites (N-methyl/N-ethyl adjacent to an activating group) is 1. The summed E-state index contributed by atoms with van der Waals surface area (Å²) in [4.78, 5) is 45.5. The largest absolute Gasteiger partial charge is 0.491 e. The Morgan fingerprint density at radius 3 is 2.34 bits per heavy atom. The molecule has 5 rings (SSSR count). The average molecular weight is 570 g/mol. The Kier molecular flexibility index (Phi) is 7.85. The summed E-state index contributed by atoms with van der Waals surface area (Å²) in [6.45, 7) is 5.23. The molecule has 0 bridgehead atoms. The number of hydrogen-bond acceptors (Lipinski definition) is 6. The first-order valence-corrected chi connectivity index (χ1v) is 13.5. The van der Waals surface area contributed by atoms with Gasteiger partial charge in [-0.2, -0.15) is 13.2 Å².